The smallest absolute Gasteiger partial charge is 0.308 e. The zero-order valence-electron chi connectivity index (χ0n) is 23.6. The van der Waals surface area contributed by atoms with Crippen molar-refractivity contribution in [2.24, 2.45) is 0 Å². The van der Waals surface area contributed by atoms with Gasteiger partial charge >= 0.3 is 18.2 Å². The molecular formula is C31H28F3N5O3S. The van der Waals surface area contributed by atoms with E-state index in [2.05, 4.69) is 16.7 Å². The number of imide groups is 1. The lowest BCUT2D eigenvalue weighted by molar-refractivity contribution is -0.137. The summed E-state index contributed by atoms with van der Waals surface area (Å²) in [5.41, 5.74) is -0.329. The molecule has 8 nitrogen and oxygen atoms in total. The van der Waals surface area contributed by atoms with E-state index >= 15 is 0 Å². The number of hydrogen-bond donors (Lipinski definition) is 2. The number of nitrogens with one attached hydrogen (secondary N) is 2. The maximum Gasteiger partial charge on any atom is 0.416 e. The largest absolute Gasteiger partial charge is 0.416 e. The number of thioether (sulfide) groups is 1. The third-order valence-corrected chi connectivity index (χ3v) is 8.36. The number of halogens is 3. The quantitative estimate of drug-likeness (QED) is 0.213. The second-order valence-corrected chi connectivity index (χ2v) is 11.8. The Morgan fingerprint density at radius 1 is 1.05 bits per heavy atom. The number of nitriles is 1. The summed E-state index contributed by atoms with van der Waals surface area (Å²) in [6.45, 7) is 2.65. The van der Waals surface area contributed by atoms with E-state index in [0.717, 1.165) is 46.4 Å². The van der Waals surface area contributed by atoms with Crippen molar-refractivity contribution in [2.75, 3.05) is 21.8 Å². The first-order chi connectivity index (χ1) is 20.3. The Labute approximate surface area is 250 Å². The van der Waals surface area contributed by atoms with E-state index in [9.17, 15) is 32.8 Å². The number of carbonyl (C=O) groups is 3. The van der Waals surface area contributed by atoms with Crippen LogP contribution < -0.4 is 15.5 Å². The summed E-state index contributed by atoms with van der Waals surface area (Å²) in [6.07, 6.45) is -0.960. The predicted molar refractivity (Wildman–Crippen MR) is 158 cm³/mol. The summed E-state index contributed by atoms with van der Waals surface area (Å²) in [6, 6.07) is 15.4. The van der Waals surface area contributed by atoms with Crippen LogP contribution in [-0.2, 0) is 17.5 Å². The van der Waals surface area contributed by atoms with Gasteiger partial charge in [-0.2, -0.15) is 18.4 Å². The highest BCUT2D eigenvalue weighted by atomic mass is 32.2. The van der Waals surface area contributed by atoms with E-state index in [1.165, 1.54) is 36.6 Å². The number of alkyl halides is 3. The molecule has 1 saturated carbocycles. The van der Waals surface area contributed by atoms with Crippen molar-refractivity contribution in [3.63, 3.8) is 0 Å². The molecule has 1 heterocycles. The summed E-state index contributed by atoms with van der Waals surface area (Å²) >= 11 is 1.53. The van der Waals surface area contributed by atoms with Crippen LogP contribution in [0.2, 0.25) is 0 Å². The third kappa shape index (κ3) is 6.03. The molecule has 1 aliphatic carbocycles. The lowest BCUT2D eigenvalue weighted by Gasteiger charge is -2.29. The number of hydrogen-bond acceptors (Lipinski definition) is 5. The zero-order chi connectivity index (χ0) is 31.1. The number of anilines is 3. The Morgan fingerprint density at radius 3 is 2.35 bits per heavy atom. The average Bonchev–Trinajstić information content (AvgIpc) is 3.79. The molecule has 1 saturated heterocycles. The Kier molecular flexibility index (Phi) is 7.88. The minimum Gasteiger partial charge on any atom is -0.308 e. The molecule has 0 unspecified atom stereocenters. The molecule has 5 rings (SSSR count). The Balaban J connectivity index is 1.44. The summed E-state index contributed by atoms with van der Waals surface area (Å²) in [5, 5.41) is 14.7. The van der Waals surface area contributed by atoms with Gasteiger partial charge in [-0.05, 0) is 111 Å². The van der Waals surface area contributed by atoms with Crippen LogP contribution in [0.25, 0.3) is 0 Å². The number of urea groups is 2. The van der Waals surface area contributed by atoms with Crippen LogP contribution in [0, 0.1) is 11.3 Å². The molecule has 0 atom stereocenters. The second kappa shape index (κ2) is 11.3. The molecule has 43 heavy (non-hydrogen) atoms. The lowest BCUT2D eigenvalue weighted by atomic mass is 10.0. The van der Waals surface area contributed by atoms with Crippen LogP contribution in [0.4, 0.5) is 39.8 Å². The Bertz CT molecular complexity index is 1650. The third-order valence-electron chi connectivity index (χ3n) is 7.61. The Morgan fingerprint density at radius 2 is 1.74 bits per heavy atom. The van der Waals surface area contributed by atoms with Gasteiger partial charge in [0.1, 0.15) is 5.54 Å². The predicted octanol–water partition coefficient (Wildman–Crippen LogP) is 7.57. The van der Waals surface area contributed by atoms with Crippen molar-refractivity contribution in [2.45, 2.75) is 55.8 Å². The van der Waals surface area contributed by atoms with Crippen LogP contribution in [0.3, 0.4) is 0 Å². The summed E-state index contributed by atoms with van der Waals surface area (Å²) in [7, 11) is 0. The van der Waals surface area contributed by atoms with Gasteiger partial charge in [-0.1, -0.05) is 0 Å². The molecule has 222 valence electrons. The van der Waals surface area contributed by atoms with Gasteiger partial charge in [-0.25, -0.2) is 14.5 Å². The zero-order valence-corrected chi connectivity index (χ0v) is 24.4. The maximum atomic E-state index is 13.7. The highest BCUT2D eigenvalue weighted by Crippen LogP contribution is 2.44. The molecule has 5 amide bonds. The lowest BCUT2D eigenvalue weighted by Crippen LogP contribution is -2.43. The highest BCUT2D eigenvalue weighted by molar-refractivity contribution is 7.98. The summed E-state index contributed by atoms with van der Waals surface area (Å²) in [4.78, 5) is 43.3. The van der Waals surface area contributed by atoms with E-state index in [-0.39, 0.29) is 23.7 Å². The van der Waals surface area contributed by atoms with E-state index in [1.807, 2.05) is 18.4 Å². The van der Waals surface area contributed by atoms with Gasteiger partial charge in [0.25, 0.3) is 5.91 Å². The molecular weight excluding hydrogens is 579 g/mol. The van der Waals surface area contributed by atoms with Crippen LogP contribution >= 0.6 is 11.8 Å². The van der Waals surface area contributed by atoms with Gasteiger partial charge < -0.3 is 15.5 Å². The molecule has 2 N–H and O–H groups in total. The number of nitrogens with zero attached hydrogens (tertiary/aromatic N) is 3. The number of carbonyl (C=O) groups excluding carboxylic acids is 3. The molecule has 3 aromatic rings. The van der Waals surface area contributed by atoms with Crippen molar-refractivity contribution in [3.05, 3.63) is 82.9 Å². The van der Waals surface area contributed by atoms with Crippen LogP contribution in [0.15, 0.2) is 65.6 Å². The van der Waals surface area contributed by atoms with E-state index in [4.69, 9.17) is 0 Å². The van der Waals surface area contributed by atoms with E-state index < -0.39 is 35.2 Å². The highest BCUT2D eigenvalue weighted by Gasteiger charge is 2.52. The van der Waals surface area contributed by atoms with Crippen molar-refractivity contribution >= 4 is 46.8 Å². The minimum atomic E-state index is -4.68. The summed E-state index contributed by atoms with van der Waals surface area (Å²) < 4.78 is 41.1. The van der Waals surface area contributed by atoms with Crippen molar-refractivity contribution in [1.29, 1.82) is 5.26 Å². The maximum absolute atomic E-state index is 13.7. The molecule has 2 fully saturated rings. The first-order valence-corrected chi connectivity index (χ1v) is 14.7. The van der Waals surface area contributed by atoms with Crippen LogP contribution in [0.1, 0.15) is 54.9 Å². The van der Waals surface area contributed by atoms with Gasteiger partial charge in [0.05, 0.1) is 29.4 Å². The van der Waals surface area contributed by atoms with Gasteiger partial charge in [-0.3, -0.25) is 4.79 Å². The normalized spacial score (nSPS) is 16.3. The number of rotatable bonds is 7. The van der Waals surface area contributed by atoms with Gasteiger partial charge in [0.2, 0.25) is 0 Å². The number of amides is 5. The number of benzene rings is 3. The van der Waals surface area contributed by atoms with Crippen molar-refractivity contribution in [3.8, 4) is 6.07 Å². The molecule has 0 aromatic heterocycles. The van der Waals surface area contributed by atoms with Gasteiger partial charge in [-0.15, -0.1) is 11.8 Å². The van der Waals surface area contributed by atoms with Gasteiger partial charge in [0, 0.05) is 16.3 Å². The minimum absolute atomic E-state index is 0.00252. The monoisotopic (exact) mass is 607 g/mol. The SMILES string of the molecule is CSc1ccc(NC(=O)Nc2ccc(C(F)(F)F)cc2CN2C(=O)N(c3ccc(C#N)c(C4CC4)c3)C(=O)C2(C)C)cc1. The molecule has 2 aliphatic rings. The molecule has 0 spiro atoms. The van der Waals surface area contributed by atoms with E-state index in [1.54, 1.807) is 24.3 Å². The fourth-order valence-electron chi connectivity index (χ4n) is 5.00. The first-order valence-electron chi connectivity index (χ1n) is 13.5. The van der Waals surface area contributed by atoms with Crippen molar-refractivity contribution in [1.82, 2.24) is 4.90 Å². The van der Waals surface area contributed by atoms with Crippen LogP contribution in [0.5, 0.6) is 0 Å². The second-order valence-electron chi connectivity index (χ2n) is 10.9. The Hall–Kier alpha value is -4.50. The van der Waals surface area contributed by atoms with Crippen molar-refractivity contribution < 1.29 is 27.6 Å². The topological polar surface area (TPSA) is 106 Å². The van der Waals surface area contributed by atoms with Gasteiger partial charge in [0.15, 0.2) is 0 Å². The average molecular weight is 608 g/mol. The standard InChI is InChI=1S/C31H28F3N5O3S/c1-30(2)27(40)39(23-10-6-19(16-35)25(15-23)18-4-5-18)29(42)38(30)17-20-14-21(31(32,33)34)7-13-26(20)37-28(41)36-22-8-11-24(43-3)12-9-22/h6-15,18H,4-5,17H2,1-3H3,(H2,36,37,41). The van der Waals surface area contributed by atoms with E-state index in [0.29, 0.717) is 16.9 Å². The fraction of sp³-hybridized carbons (Fsp3) is 0.290. The van der Waals surface area contributed by atoms with Crippen LogP contribution in [-0.4, -0.2) is 34.7 Å². The molecule has 3 aromatic carbocycles. The molecule has 12 heteroatoms. The molecule has 0 bridgehead atoms. The first kappa shape index (κ1) is 30.0. The molecule has 1 aliphatic heterocycles. The molecule has 0 radical (unpaired) electrons. The summed E-state index contributed by atoms with van der Waals surface area (Å²) in [5.74, 6) is -0.378. The fourth-order valence-corrected chi connectivity index (χ4v) is 5.41.